The number of hydrogen-bond donors (Lipinski definition) is 1. The molecule has 0 aromatic heterocycles. The lowest BCUT2D eigenvalue weighted by Crippen LogP contribution is -2.21. The van der Waals surface area contributed by atoms with Gasteiger partial charge in [-0.1, -0.05) is 6.92 Å². The van der Waals surface area contributed by atoms with E-state index in [4.69, 9.17) is 20.5 Å². The summed E-state index contributed by atoms with van der Waals surface area (Å²) in [5.74, 6) is 1.29. The average Bonchev–Trinajstić information content (AvgIpc) is 2.42. The van der Waals surface area contributed by atoms with Crippen LogP contribution < -0.4 is 15.2 Å². The first-order valence-electron chi connectivity index (χ1n) is 6.39. The quantitative estimate of drug-likeness (QED) is 0.886. The minimum atomic E-state index is -0.377. The van der Waals surface area contributed by atoms with Gasteiger partial charge in [0.15, 0.2) is 0 Å². The van der Waals surface area contributed by atoms with Crippen LogP contribution in [-0.2, 0) is 0 Å². The number of ether oxygens (including phenoxy) is 2. The lowest BCUT2D eigenvalue weighted by molar-refractivity contribution is 0.383. The van der Waals surface area contributed by atoms with Crippen molar-refractivity contribution in [3.05, 3.63) is 22.8 Å². The largest absolute Gasteiger partial charge is 0.496 e. The fourth-order valence-corrected chi connectivity index (χ4v) is 2.26. The van der Waals surface area contributed by atoms with Crippen molar-refractivity contribution in [1.29, 1.82) is 5.26 Å². The number of nitriles is 1. The molecule has 2 atom stereocenters. The summed E-state index contributed by atoms with van der Waals surface area (Å²) in [6.07, 6.45) is 0.704. The lowest BCUT2D eigenvalue weighted by Gasteiger charge is -2.23. The van der Waals surface area contributed by atoms with Crippen LogP contribution in [0.4, 0.5) is 0 Å². The van der Waals surface area contributed by atoms with Crippen LogP contribution in [0.3, 0.4) is 0 Å². The highest BCUT2D eigenvalue weighted by Gasteiger charge is 2.24. The minimum Gasteiger partial charge on any atom is -0.496 e. The summed E-state index contributed by atoms with van der Waals surface area (Å²) < 4.78 is 10.8. The molecule has 0 amide bonds. The van der Waals surface area contributed by atoms with Gasteiger partial charge in [-0.05, 0) is 37.5 Å². The Morgan fingerprint density at radius 2 is 1.89 bits per heavy atom. The van der Waals surface area contributed by atoms with Crippen molar-refractivity contribution < 1.29 is 9.47 Å². The van der Waals surface area contributed by atoms with E-state index in [1.807, 2.05) is 26.8 Å². The van der Waals surface area contributed by atoms with Gasteiger partial charge >= 0.3 is 0 Å². The third kappa shape index (κ3) is 2.82. The van der Waals surface area contributed by atoms with Gasteiger partial charge in [0.1, 0.15) is 11.5 Å². The van der Waals surface area contributed by atoms with E-state index in [1.165, 1.54) is 0 Å². The summed E-state index contributed by atoms with van der Waals surface area (Å²) in [5.41, 5.74) is 9.08. The topological polar surface area (TPSA) is 68.3 Å². The molecule has 0 aliphatic rings. The van der Waals surface area contributed by atoms with Crippen LogP contribution in [0.2, 0.25) is 0 Å². The molecule has 0 bridgehead atoms. The van der Waals surface area contributed by atoms with Crippen molar-refractivity contribution in [2.45, 2.75) is 33.2 Å². The van der Waals surface area contributed by atoms with Gasteiger partial charge in [0.2, 0.25) is 0 Å². The van der Waals surface area contributed by atoms with Crippen molar-refractivity contribution in [1.82, 2.24) is 0 Å². The fourth-order valence-electron chi connectivity index (χ4n) is 2.26. The predicted molar refractivity (Wildman–Crippen MR) is 75.3 cm³/mol. The summed E-state index contributed by atoms with van der Waals surface area (Å²) >= 11 is 0. The van der Waals surface area contributed by atoms with Crippen molar-refractivity contribution in [2.24, 2.45) is 11.7 Å². The second kappa shape index (κ2) is 6.44. The number of rotatable bonds is 5. The molecule has 1 rings (SSSR count). The van der Waals surface area contributed by atoms with Gasteiger partial charge in [0.05, 0.1) is 26.2 Å². The Morgan fingerprint density at radius 1 is 1.26 bits per heavy atom. The van der Waals surface area contributed by atoms with E-state index in [1.54, 1.807) is 14.2 Å². The zero-order valence-corrected chi connectivity index (χ0v) is 12.3. The van der Waals surface area contributed by atoms with Crippen LogP contribution in [-0.4, -0.2) is 14.2 Å². The molecule has 0 saturated carbocycles. The number of benzene rings is 1. The Morgan fingerprint density at radius 3 is 2.32 bits per heavy atom. The molecule has 0 aliphatic carbocycles. The first-order chi connectivity index (χ1) is 9.01. The Balaban J connectivity index is 3.41. The van der Waals surface area contributed by atoms with E-state index in [0.717, 1.165) is 28.2 Å². The van der Waals surface area contributed by atoms with Gasteiger partial charge in [0, 0.05) is 11.6 Å². The zero-order valence-electron chi connectivity index (χ0n) is 12.3. The third-order valence-corrected chi connectivity index (χ3v) is 3.64. The summed E-state index contributed by atoms with van der Waals surface area (Å²) in [6, 6.07) is 3.76. The number of hydrogen-bond acceptors (Lipinski definition) is 4. The summed E-state index contributed by atoms with van der Waals surface area (Å²) in [6.45, 7) is 5.91. The molecule has 4 heteroatoms. The molecule has 0 fully saturated rings. The molecule has 1 aromatic carbocycles. The Kier molecular flexibility index (Phi) is 5.20. The molecule has 1 aromatic rings. The molecular weight excluding hydrogens is 240 g/mol. The van der Waals surface area contributed by atoms with Gasteiger partial charge in [-0.3, -0.25) is 0 Å². The van der Waals surface area contributed by atoms with E-state index in [9.17, 15) is 0 Å². The van der Waals surface area contributed by atoms with Gasteiger partial charge in [-0.25, -0.2) is 0 Å². The third-order valence-electron chi connectivity index (χ3n) is 3.64. The number of nitrogens with two attached hydrogens (primary N) is 1. The Bertz CT molecular complexity index is 492. The van der Waals surface area contributed by atoms with E-state index in [0.29, 0.717) is 6.42 Å². The Hall–Kier alpha value is -1.73. The summed E-state index contributed by atoms with van der Waals surface area (Å²) in [5, 5.41) is 9.17. The maximum Gasteiger partial charge on any atom is 0.127 e. The normalized spacial score (nSPS) is 13.5. The summed E-state index contributed by atoms with van der Waals surface area (Å²) in [7, 11) is 3.25. The maximum atomic E-state index is 9.17. The second-order valence-corrected chi connectivity index (χ2v) is 4.62. The van der Waals surface area contributed by atoms with Crippen LogP contribution in [0.1, 0.15) is 36.1 Å². The fraction of sp³-hybridized carbons (Fsp3) is 0.533. The smallest absolute Gasteiger partial charge is 0.127 e. The predicted octanol–water partition coefficient (Wildman–Crippen LogP) is 2.87. The van der Waals surface area contributed by atoms with E-state index in [-0.39, 0.29) is 12.0 Å². The van der Waals surface area contributed by atoms with Crippen molar-refractivity contribution in [3.8, 4) is 17.6 Å². The van der Waals surface area contributed by atoms with Crippen molar-refractivity contribution >= 4 is 0 Å². The van der Waals surface area contributed by atoms with Crippen LogP contribution >= 0.6 is 0 Å². The molecule has 0 heterocycles. The number of methoxy groups -OCH3 is 2. The molecule has 0 saturated heterocycles. The zero-order chi connectivity index (χ0) is 14.6. The van der Waals surface area contributed by atoms with Crippen LogP contribution in [0.25, 0.3) is 0 Å². The van der Waals surface area contributed by atoms with Crippen LogP contribution in [0, 0.1) is 31.1 Å². The van der Waals surface area contributed by atoms with Crippen LogP contribution in [0.15, 0.2) is 6.07 Å². The Labute approximate surface area is 115 Å². The molecule has 4 nitrogen and oxygen atoms in total. The number of nitrogens with zero attached hydrogens (tertiary/aromatic N) is 1. The molecular formula is C15H22N2O2. The van der Waals surface area contributed by atoms with Gasteiger partial charge in [0.25, 0.3) is 0 Å². The highest BCUT2D eigenvalue weighted by molar-refractivity contribution is 5.54. The minimum absolute atomic E-state index is 0.235. The highest BCUT2D eigenvalue weighted by atomic mass is 16.5. The van der Waals surface area contributed by atoms with Crippen molar-refractivity contribution in [3.63, 3.8) is 0 Å². The van der Waals surface area contributed by atoms with E-state index < -0.39 is 0 Å². The summed E-state index contributed by atoms with van der Waals surface area (Å²) in [4.78, 5) is 0. The molecule has 0 aliphatic heterocycles. The van der Waals surface area contributed by atoms with Gasteiger partial charge in [-0.2, -0.15) is 5.26 Å². The van der Waals surface area contributed by atoms with Gasteiger partial charge in [-0.15, -0.1) is 0 Å². The standard InChI is InChI=1S/C15H22N2O2/c1-6-11(8-16)14(17)12-7-13(18-4)9(2)10(3)15(12)19-5/h7,11,14H,6,17H2,1-5H3. The monoisotopic (exact) mass is 262 g/mol. The van der Waals surface area contributed by atoms with Crippen molar-refractivity contribution in [2.75, 3.05) is 14.2 Å². The average molecular weight is 262 g/mol. The van der Waals surface area contributed by atoms with Gasteiger partial charge < -0.3 is 15.2 Å². The van der Waals surface area contributed by atoms with Crippen LogP contribution in [0.5, 0.6) is 11.5 Å². The highest BCUT2D eigenvalue weighted by Crippen LogP contribution is 2.38. The first-order valence-corrected chi connectivity index (χ1v) is 6.39. The molecule has 19 heavy (non-hydrogen) atoms. The molecule has 0 radical (unpaired) electrons. The first kappa shape index (κ1) is 15.3. The SMILES string of the molecule is CCC(C#N)C(N)c1cc(OC)c(C)c(C)c1OC. The van der Waals surface area contributed by atoms with E-state index >= 15 is 0 Å². The molecule has 2 unspecified atom stereocenters. The lowest BCUT2D eigenvalue weighted by atomic mass is 9.89. The molecule has 2 N–H and O–H groups in total. The second-order valence-electron chi connectivity index (χ2n) is 4.62. The molecule has 104 valence electrons. The maximum absolute atomic E-state index is 9.17. The molecule has 0 spiro atoms. The van der Waals surface area contributed by atoms with E-state index in [2.05, 4.69) is 6.07 Å².